The predicted octanol–water partition coefficient (Wildman–Crippen LogP) is 3.16. The molecule has 0 spiro atoms. The summed E-state index contributed by atoms with van der Waals surface area (Å²) in [6, 6.07) is 9.51. The summed E-state index contributed by atoms with van der Waals surface area (Å²) < 4.78 is 2.12. The fourth-order valence-electron chi connectivity index (χ4n) is 4.49. The first-order valence-electron chi connectivity index (χ1n) is 11.4. The maximum Gasteiger partial charge on any atom is 0.344 e. The molecule has 10 heteroatoms. The van der Waals surface area contributed by atoms with Gasteiger partial charge in [-0.2, -0.15) is 5.01 Å². The van der Waals surface area contributed by atoms with Crippen LogP contribution >= 0.6 is 11.8 Å². The van der Waals surface area contributed by atoms with Crippen molar-refractivity contribution in [2.45, 2.75) is 75.5 Å². The van der Waals surface area contributed by atoms with Gasteiger partial charge in [-0.1, -0.05) is 61.4 Å². The average Bonchev–Trinajstić information content (AvgIpc) is 3.29. The highest BCUT2D eigenvalue weighted by Gasteiger charge is 2.48. The minimum Gasteiger partial charge on any atom is -0.322 e. The lowest BCUT2D eigenvalue weighted by Gasteiger charge is -2.25. The van der Waals surface area contributed by atoms with Crippen molar-refractivity contribution in [2.75, 3.05) is 5.75 Å². The normalized spacial score (nSPS) is 21.3. The first kappa shape index (κ1) is 23.3. The highest BCUT2D eigenvalue weighted by Crippen LogP contribution is 2.32. The standard InChI is InChI=1S/C23H30N6O3S/c1-16-25-26-22(28(16)18-11-7-4-8-12-18)33-15-19(30)27-29-20(31)23(2,24-21(29)32)14-13-17-9-5-3-6-10-17/h3,5-6,9-10,18H,4,7-8,11-15H2,1-2H3,(H,24,32)(H,27,30). The summed E-state index contributed by atoms with van der Waals surface area (Å²) >= 11 is 1.27. The number of rotatable bonds is 8. The second-order valence-electron chi connectivity index (χ2n) is 8.90. The monoisotopic (exact) mass is 470 g/mol. The Bertz CT molecular complexity index is 1020. The zero-order valence-corrected chi connectivity index (χ0v) is 19.9. The Balaban J connectivity index is 1.33. The lowest BCUT2D eigenvalue weighted by Crippen LogP contribution is -2.49. The molecule has 2 aliphatic rings. The van der Waals surface area contributed by atoms with Gasteiger partial charge in [0.1, 0.15) is 11.4 Å². The fraction of sp³-hybridized carbons (Fsp3) is 0.522. The molecule has 176 valence electrons. The number of aromatic nitrogens is 3. The Hall–Kier alpha value is -2.88. The number of nitrogens with one attached hydrogen (secondary N) is 2. The van der Waals surface area contributed by atoms with E-state index in [2.05, 4.69) is 25.5 Å². The van der Waals surface area contributed by atoms with E-state index in [-0.39, 0.29) is 5.75 Å². The Kier molecular flexibility index (Phi) is 7.02. The molecule has 1 unspecified atom stereocenters. The van der Waals surface area contributed by atoms with Gasteiger partial charge in [-0.15, -0.1) is 10.2 Å². The number of hydrogen-bond donors (Lipinski definition) is 2. The van der Waals surface area contributed by atoms with Crippen LogP contribution in [-0.2, 0) is 16.0 Å². The van der Waals surface area contributed by atoms with Gasteiger partial charge < -0.3 is 9.88 Å². The van der Waals surface area contributed by atoms with Gasteiger partial charge in [-0.3, -0.25) is 15.0 Å². The van der Waals surface area contributed by atoms with Crippen molar-refractivity contribution >= 4 is 29.6 Å². The third kappa shape index (κ3) is 5.21. The van der Waals surface area contributed by atoms with Gasteiger partial charge in [0.05, 0.1) is 5.75 Å². The van der Waals surface area contributed by atoms with Crippen LogP contribution in [0.5, 0.6) is 0 Å². The van der Waals surface area contributed by atoms with Crippen LogP contribution in [-0.4, -0.2) is 48.9 Å². The molecule has 33 heavy (non-hydrogen) atoms. The van der Waals surface area contributed by atoms with Crippen molar-refractivity contribution in [1.29, 1.82) is 0 Å². The van der Waals surface area contributed by atoms with E-state index in [0.29, 0.717) is 24.0 Å². The Morgan fingerprint density at radius 1 is 1.18 bits per heavy atom. The van der Waals surface area contributed by atoms with E-state index in [1.54, 1.807) is 6.92 Å². The number of amides is 4. The molecule has 1 atom stereocenters. The minimum absolute atomic E-state index is 0.0304. The summed E-state index contributed by atoms with van der Waals surface area (Å²) in [6.45, 7) is 3.61. The van der Waals surface area contributed by atoms with Crippen molar-refractivity contribution < 1.29 is 14.4 Å². The van der Waals surface area contributed by atoms with Gasteiger partial charge in [0.15, 0.2) is 5.16 Å². The molecule has 2 aromatic rings. The van der Waals surface area contributed by atoms with Gasteiger partial charge >= 0.3 is 6.03 Å². The van der Waals surface area contributed by atoms with Gasteiger partial charge in [-0.05, 0) is 45.1 Å². The quantitative estimate of drug-likeness (QED) is 0.453. The van der Waals surface area contributed by atoms with Gasteiger partial charge in [0, 0.05) is 6.04 Å². The van der Waals surface area contributed by atoms with E-state index < -0.39 is 23.4 Å². The number of urea groups is 1. The van der Waals surface area contributed by atoms with Crippen LogP contribution in [0.1, 0.15) is 62.9 Å². The summed E-state index contributed by atoms with van der Waals surface area (Å²) in [5.41, 5.74) is 2.48. The third-order valence-corrected chi connectivity index (χ3v) is 7.30. The highest BCUT2D eigenvalue weighted by atomic mass is 32.2. The fourth-order valence-corrected chi connectivity index (χ4v) is 5.33. The minimum atomic E-state index is -1.06. The molecule has 1 aromatic carbocycles. The van der Waals surface area contributed by atoms with Crippen molar-refractivity contribution in [1.82, 2.24) is 30.5 Å². The van der Waals surface area contributed by atoms with E-state index in [9.17, 15) is 14.4 Å². The maximum absolute atomic E-state index is 12.9. The molecule has 1 aliphatic heterocycles. The van der Waals surface area contributed by atoms with Crippen LogP contribution < -0.4 is 10.7 Å². The number of aryl methyl sites for hydroxylation is 2. The first-order chi connectivity index (χ1) is 15.9. The van der Waals surface area contributed by atoms with Crippen LogP contribution in [0.3, 0.4) is 0 Å². The van der Waals surface area contributed by atoms with Gasteiger partial charge in [-0.25, -0.2) is 4.79 Å². The van der Waals surface area contributed by atoms with E-state index >= 15 is 0 Å². The number of nitrogens with zero attached hydrogens (tertiary/aromatic N) is 4. The molecule has 1 aromatic heterocycles. The number of hydrogen-bond acceptors (Lipinski definition) is 6. The summed E-state index contributed by atoms with van der Waals surface area (Å²) in [6.07, 6.45) is 6.86. The van der Waals surface area contributed by atoms with Crippen molar-refractivity contribution in [3.63, 3.8) is 0 Å². The molecule has 0 radical (unpaired) electrons. The molecule has 2 fully saturated rings. The van der Waals surface area contributed by atoms with Crippen molar-refractivity contribution in [3.8, 4) is 0 Å². The van der Waals surface area contributed by atoms with Crippen LogP contribution in [0.4, 0.5) is 4.79 Å². The summed E-state index contributed by atoms with van der Waals surface area (Å²) in [5, 5.41) is 12.6. The average molecular weight is 471 g/mol. The zero-order chi connectivity index (χ0) is 23.4. The maximum atomic E-state index is 12.9. The Labute approximate surface area is 197 Å². The molecule has 1 aliphatic carbocycles. The lowest BCUT2D eigenvalue weighted by molar-refractivity contribution is -0.138. The molecule has 0 bridgehead atoms. The summed E-state index contributed by atoms with van der Waals surface area (Å²) in [4.78, 5) is 37.9. The number of carbonyl (C=O) groups excluding carboxylic acids is 3. The molecular weight excluding hydrogens is 440 g/mol. The number of hydrazine groups is 1. The predicted molar refractivity (Wildman–Crippen MR) is 124 cm³/mol. The van der Waals surface area contributed by atoms with Crippen molar-refractivity contribution in [2.24, 2.45) is 0 Å². The van der Waals surface area contributed by atoms with E-state index in [4.69, 9.17) is 0 Å². The number of thioether (sulfide) groups is 1. The molecule has 2 heterocycles. The van der Waals surface area contributed by atoms with Gasteiger partial charge in [0.25, 0.3) is 5.91 Å². The molecule has 1 saturated heterocycles. The van der Waals surface area contributed by atoms with E-state index in [1.165, 1.54) is 31.0 Å². The topological polar surface area (TPSA) is 109 Å². The summed E-state index contributed by atoms with van der Waals surface area (Å²) in [5.74, 6) is -0.0226. The largest absolute Gasteiger partial charge is 0.344 e. The zero-order valence-electron chi connectivity index (χ0n) is 19.0. The molecular formula is C23H30N6O3S. The van der Waals surface area contributed by atoms with Crippen molar-refractivity contribution in [3.05, 3.63) is 41.7 Å². The van der Waals surface area contributed by atoms with Crippen LogP contribution in [0, 0.1) is 6.92 Å². The number of imide groups is 1. The third-order valence-electron chi connectivity index (χ3n) is 6.36. The number of benzene rings is 1. The van der Waals surface area contributed by atoms with Crippen LogP contribution in [0.15, 0.2) is 35.5 Å². The molecule has 2 N–H and O–H groups in total. The molecule has 9 nitrogen and oxygen atoms in total. The Morgan fingerprint density at radius 2 is 1.91 bits per heavy atom. The second kappa shape index (κ2) is 9.94. The smallest absolute Gasteiger partial charge is 0.322 e. The van der Waals surface area contributed by atoms with Gasteiger partial charge in [0.2, 0.25) is 5.91 Å². The van der Waals surface area contributed by atoms with Crippen LogP contribution in [0.2, 0.25) is 0 Å². The Morgan fingerprint density at radius 3 is 2.64 bits per heavy atom. The molecule has 4 rings (SSSR count). The summed E-state index contributed by atoms with van der Waals surface area (Å²) in [7, 11) is 0. The SMILES string of the molecule is Cc1nnc(SCC(=O)NN2C(=O)NC(C)(CCc3ccccc3)C2=O)n1C1CCCCC1. The lowest BCUT2D eigenvalue weighted by atomic mass is 9.93. The highest BCUT2D eigenvalue weighted by molar-refractivity contribution is 7.99. The van der Waals surface area contributed by atoms with E-state index in [0.717, 1.165) is 29.2 Å². The first-order valence-corrected chi connectivity index (χ1v) is 12.4. The van der Waals surface area contributed by atoms with Crippen LogP contribution in [0.25, 0.3) is 0 Å². The second-order valence-corrected chi connectivity index (χ2v) is 9.85. The molecule has 4 amide bonds. The molecule has 1 saturated carbocycles. The van der Waals surface area contributed by atoms with E-state index in [1.807, 2.05) is 37.3 Å². The number of carbonyl (C=O) groups is 3.